The summed E-state index contributed by atoms with van der Waals surface area (Å²) in [6.45, 7) is 5.24. The van der Waals surface area contributed by atoms with Gasteiger partial charge in [0.2, 0.25) is 5.88 Å². The SMILES string of the molecule is CC(=O)Oc1c(-c2ccccc2)c(C)nn1C(C)c1ccc(Cl)c(Cl)c1. The van der Waals surface area contributed by atoms with E-state index >= 15 is 0 Å². The Balaban J connectivity index is 2.14. The van der Waals surface area contributed by atoms with Gasteiger partial charge in [0.25, 0.3) is 0 Å². The third-order valence-corrected chi connectivity index (χ3v) is 4.88. The van der Waals surface area contributed by atoms with Crippen molar-refractivity contribution in [1.82, 2.24) is 9.78 Å². The van der Waals surface area contributed by atoms with E-state index < -0.39 is 5.97 Å². The van der Waals surface area contributed by atoms with E-state index in [1.54, 1.807) is 16.8 Å². The van der Waals surface area contributed by atoms with Crippen LogP contribution >= 0.6 is 23.2 Å². The molecule has 3 aromatic rings. The molecule has 0 aliphatic carbocycles. The molecular formula is C20H18Cl2N2O2. The first-order valence-electron chi connectivity index (χ1n) is 8.16. The van der Waals surface area contributed by atoms with Crippen LogP contribution in [0.3, 0.4) is 0 Å². The van der Waals surface area contributed by atoms with Crippen molar-refractivity contribution in [1.29, 1.82) is 0 Å². The average molecular weight is 389 g/mol. The standard InChI is InChI=1S/C20H18Cl2N2O2/c1-12-19(15-7-5-4-6-8-15)20(26-14(3)25)24(23-12)13(2)16-9-10-17(21)18(22)11-16/h4-11,13H,1-3H3. The van der Waals surface area contributed by atoms with Gasteiger partial charge in [-0.3, -0.25) is 4.79 Å². The Morgan fingerprint density at radius 1 is 1.12 bits per heavy atom. The van der Waals surface area contributed by atoms with Crippen molar-refractivity contribution in [2.45, 2.75) is 26.8 Å². The molecule has 1 atom stereocenters. The number of hydrogen-bond acceptors (Lipinski definition) is 3. The quantitative estimate of drug-likeness (QED) is 0.538. The lowest BCUT2D eigenvalue weighted by atomic mass is 10.1. The summed E-state index contributed by atoms with van der Waals surface area (Å²) in [6.07, 6.45) is 0. The maximum Gasteiger partial charge on any atom is 0.309 e. The fourth-order valence-electron chi connectivity index (χ4n) is 2.87. The van der Waals surface area contributed by atoms with Gasteiger partial charge < -0.3 is 4.74 Å². The Morgan fingerprint density at radius 3 is 2.42 bits per heavy atom. The molecule has 1 unspecified atom stereocenters. The number of nitrogens with zero attached hydrogens (tertiary/aromatic N) is 2. The number of ether oxygens (including phenoxy) is 1. The number of aromatic nitrogens is 2. The molecule has 0 radical (unpaired) electrons. The second kappa shape index (κ2) is 7.52. The molecule has 1 aromatic heterocycles. The lowest BCUT2D eigenvalue weighted by Gasteiger charge is -2.17. The van der Waals surface area contributed by atoms with Crippen molar-refractivity contribution in [3.8, 4) is 17.0 Å². The molecule has 3 rings (SSSR count). The summed E-state index contributed by atoms with van der Waals surface area (Å²) >= 11 is 12.2. The zero-order valence-corrected chi connectivity index (χ0v) is 16.2. The summed E-state index contributed by atoms with van der Waals surface area (Å²) in [5.41, 5.74) is 3.43. The number of rotatable bonds is 4. The summed E-state index contributed by atoms with van der Waals surface area (Å²) in [6, 6.07) is 15.0. The van der Waals surface area contributed by atoms with Gasteiger partial charge in [0, 0.05) is 6.92 Å². The van der Waals surface area contributed by atoms with Crippen LogP contribution in [-0.2, 0) is 4.79 Å². The molecule has 6 heteroatoms. The van der Waals surface area contributed by atoms with E-state index in [9.17, 15) is 4.79 Å². The fraction of sp³-hybridized carbons (Fsp3) is 0.200. The van der Waals surface area contributed by atoms with Gasteiger partial charge in [-0.1, -0.05) is 59.6 Å². The Morgan fingerprint density at radius 2 is 1.81 bits per heavy atom. The second-order valence-electron chi connectivity index (χ2n) is 6.02. The lowest BCUT2D eigenvalue weighted by Crippen LogP contribution is -2.13. The minimum Gasteiger partial charge on any atom is -0.407 e. The molecule has 0 aliphatic rings. The summed E-state index contributed by atoms with van der Waals surface area (Å²) in [7, 11) is 0. The first-order chi connectivity index (χ1) is 12.4. The smallest absolute Gasteiger partial charge is 0.309 e. The van der Waals surface area contributed by atoms with E-state index in [0.29, 0.717) is 15.9 Å². The summed E-state index contributed by atoms with van der Waals surface area (Å²) in [5, 5.41) is 5.59. The van der Waals surface area contributed by atoms with Crippen LogP contribution in [0.1, 0.15) is 31.1 Å². The average Bonchev–Trinajstić information content (AvgIpc) is 2.93. The molecule has 0 N–H and O–H groups in total. The molecule has 1 heterocycles. The van der Waals surface area contributed by atoms with Crippen LogP contribution in [0.25, 0.3) is 11.1 Å². The van der Waals surface area contributed by atoms with Gasteiger partial charge in [-0.25, -0.2) is 4.68 Å². The number of carbonyl (C=O) groups excluding carboxylic acids is 1. The molecule has 0 saturated carbocycles. The zero-order valence-electron chi connectivity index (χ0n) is 14.7. The van der Waals surface area contributed by atoms with Gasteiger partial charge in [-0.15, -0.1) is 0 Å². The maximum atomic E-state index is 11.7. The van der Waals surface area contributed by atoms with E-state index in [-0.39, 0.29) is 6.04 Å². The number of hydrogen-bond donors (Lipinski definition) is 0. The van der Waals surface area contributed by atoms with Crippen molar-refractivity contribution in [3.05, 3.63) is 69.8 Å². The Bertz CT molecular complexity index is 952. The van der Waals surface area contributed by atoms with Crippen LogP contribution in [0.2, 0.25) is 10.0 Å². The van der Waals surface area contributed by atoms with Crippen LogP contribution in [0.5, 0.6) is 5.88 Å². The van der Waals surface area contributed by atoms with Gasteiger partial charge in [0.1, 0.15) is 0 Å². The van der Waals surface area contributed by atoms with Crippen molar-refractivity contribution >= 4 is 29.2 Å². The molecule has 0 fully saturated rings. The Labute approximate surface area is 162 Å². The van der Waals surface area contributed by atoms with Gasteiger partial charge in [0.15, 0.2) is 0 Å². The number of carbonyl (C=O) groups is 1. The molecule has 26 heavy (non-hydrogen) atoms. The molecule has 0 bridgehead atoms. The normalized spacial score (nSPS) is 12.0. The number of halogens is 2. The van der Waals surface area contributed by atoms with Crippen LogP contribution in [0.4, 0.5) is 0 Å². The van der Waals surface area contributed by atoms with Crippen molar-refractivity contribution in [2.75, 3.05) is 0 Å². The molecule has 0 amide bonds. The predicted octanol–water partition coefficient (Wildman–Crippen LogP) is 5.70. The molecule has 4 nitrogen and oxygen atoms in total. The molecule has 0 spiro atoms. The zero-order chi connectivity index (χ0) is 18.8. The first kappa shape index (κ1) is 18.5. The van der Waals surface area contributed by atoms with Crippen LogP contribution in [-0.4, -0.2) is 15.7 Å². The van der Waals surface area contributed by atoms with E-state index in [1.807, 2.05) is 50.2 Å². The topological polar surface area (TPSA) is 44.1 Å². The van der Waals surface area contributed by atoms with E-state index in [4.69, 9.17) is 27.9 Å². The Hall–Kier alpha value is -2.30. The van der Waals surface area contributed by atoms with Crippen molar-refractivity contribution in [3.63, 3.8) is 0 Å². The van der Waals surface area contributed by atoms with Crippen LogP contribution < -0.4 is 4.74 Å². The predicted molar refractivity (Wildman–Crippen MR) is 104 cm³/mol. The highest BCUT2D eigenvalue weighted by Gasteiger charge is 2.24. The highest BCUT2D eigenvalue weighted by atomic mass is 35.5. The maximum absolute atomic E-state index is 11.7. The highest BCUT2D eigenvalue weighted by molar-refractivity contribution is 6.42. The summed E-state index contributed by atoms with van der Waals surface area (Å²) < 4.78 is 7.26. The van der Waals surface area contributed by atoms with Gasteiger partial charge in [-0.05, 0) is 37.1 Å². The number of esters is 1. The minimum atomic E-state index is -0.398. The van der Waals surface area contributed by atoms with Gasteiger partial charge in [0.05, 0.1) is 27.3 Å². The van der Waals surface area contributed by atoms with Crippen molar-refractivity contribution in [2.24, 2.45) is 0 Å². The monoisotopic (exact) mass is 388 g/mol. The van der Waals surface area contributed by atoms with Crippen molar-refractivity contribution < 1.29 is 9.53 Å². The molecule has 0 aliphatic heterocycles. The third kappa shape index (κ3) is 3.62. The lowest BCUT2D eigenvalue weighted by molar-refractivity contribution is -0.132. The first-order valence-corrected chi connectivity index (χ1v) is 8.92. The highest BCUT2D eigenvalue weighted by Crippen LogP contribution is 2.37. The van der Waals surface area contributed by atoms with E-state index in [2.05, 4.69) is 5.10 Å². The largest absolute Gasteiger partial charge is 0.407 e. The molecular weight excluding hydrogens is 371 g/mol. The van der Waals surface area contributed by atoms with Crippen LogP contribution in [0.15, 0.2) is 48.5 Å². The Kier molecular flexibility index (Phi) is 5.35. The summed E-state index contributed by atoms with van der Waals surface area (Å²) in [4.78, 5) is 11.7. The van der Waals surface area contributed by atoms with E-state index in [0.717, 1.165) is 22.4 Å². The van der Waals surface area contributed by atoms with Gasteiger partial charge in [-0.2, -0.15) is 5.10 Å². The minimum absolute atomic E-state index is 0.199. The number of benzene rings is 2. The summed E-state index contributed by atoms with van der Waals surface area (Å²) in [5.74, 6) is 0.0180. The third-order valence-electron chi connectivity index (χ3n) is 4.14. The molecule has 2 aromatic carbocycles. The molecule has 0 saturated heterocycles. The second-order valence-corrected chi connectivity index (χ2v) is 6.83. The molecule has 134 valence electrons. The fourth-order valence-corrected chi connectivity index (χ4v) is 3.18. The van der Waals surface area contributed by atoms with Gasteiger partial charge >= 0.3 is 5.97 Å². The van der Waals surface area contributed by atoms with E-state index in [1.165, 1.54) is 6.92 Å². The van der Waals surface area contributed by atoms with Crippen LogP contribution in [0, 0.1) is 6.92 Å². The number of aryl methyl sites for hydroxylation is 1.